The lowest BCUT2D eigenvalue weighted by molar-refractivity contribution is -0.0120. The molecule has 0 aromatic heterocycles. The third-order valence-corrected chi connectivity index (χ3v) is 4.42. The summed E-state index contributed by atoms with van der Waals surface area (Å²) in [6.07, 6.45) is 6.61. The first-order chi connectivity index (χ1) is 12.1. The Bertz CT molecular complexity index is 746. The number of methoxy groups -OCH3 is 1. The Hall–Kier alpha value is -2.60. The van der Waals surface area contributed by atoms with Crippen LogP contribution in [-0.4, -0.2) is 49.7 Å². The molecule has 1 aromatic rings. The molecule has 0 atom stereocenters. The van der Waals surface area contributed by atoms with E-state index in [1.54, 1.807) is 19.4 Å². The van der Waals surface area contributed by atoms with Crippen LogP contribution in [0.15, 0.2) is 46.7 Å². The molecule has 2 aliphatic heterocycles. The topological polar surface area (TPSA) is 83.9 Å². The maximum Gasteiger partial charge on any atom is 0.124 e. The number of likely N-dealkylation sites (tertiary alicyclic amines) is 1. The molecule has 25 heavy (non-hydrogen) atoms. The number of hydrogen-bond donors (Lipinski definition) is 2. The van der Waals surface area contributed by atoms with Gasteiger partial charge in [-0.05, 0) is 49.3 Å². The summed E-state index contributed by atoms with van der Waals surface area (Å²) in [6.45, 7) is 4.23. The lowest BCUT2D eigenvalue weighted by Gasteiger charge is -2.39. The Labute approximate surface area is 148 Å². The van der Waals surface area contributed by atoms with Gasteiger partial charge in [0.15, 0.2) is 0 Å². The minimum atomic E-state index is 0.284. The zero-order valence-corrected chi connectivity index (χ0v) is 14.7. The molecule has 0 amide bonds. The summed E-state index contributed by atoms with van der Waals surface area (Å²) < 4.78 is 10.8. The van der Waals surface area contributed by atoms with Crippen LogP contribution in [0.25, 0.3) is 0 Å². The smallest absolute Gasteiger partial charge is 0.124 e. The number of rotatable bonds is 6. The van der Waals surface area contributed by atoms with Gasteiger partial charge in [0.25, 0.3) is 0 Å². The quantitative estimate of drug-likeness (QED) is 0.616. The van der Waals surface area contributed by atoms with Crippen LogP contribution in [0.3, 0.4) is 0 Å². The molecule has 0 aliphatic carbocycles. The number of nitrogens with zero attached hydrogens (tertiary/aromatic N) is 2. The number of hydrogen-bond acceptors (Lipinski definition) is 6. The van der Waals surface area contributed by atoms with Crippen LogP contribution in [0.2, 0.25) is 0 Å². The maximum absolute atomic E-state index is 8.56. The average molecular weight is 340 g/mol. The molecule has 3 N–H and O–H groups in total. The van der Waals surface area contributed by atoms with Crippen LogP contribution in [0.1, 0.15) is 18.9 Å². The first-order valence-corrected chi connectivity index (χ1v) is 8.45. The first-order valence-electron chi connectivity index (χ1n) is 8.45. The zero-order chi connectivity index (χ0) is 17.8. The maximum atomic E-state index is 8.56. The lowest BCUT2D eigenvalue weighted by atomic mass is 9.98. The Balaban J connectivity index is 1.73. The number of nitrogens with one attached hydrogen (secondary N) is 1. The van der Waals surface area contributed by atoms with Crippen molar-refractivity contribution in [3.63, 3.8) is 0 Å². The van der Waals surface area contributed by atoms with Crippen molar-refractivity contribution in [3.05, 3.63) is 47.3 Å². The van der Waals surface area contributed by atoms with Gasteiger partial charge in [0.2, 0.25) is 0 Å². The predicted molar refractivity (Wildman–Crippen MR) is 100 cm³/mol. The Morgan fingerprint density at radius 1 is 1.40 bits per heavy atom. The SMILES string of the molecule is CCOc1ccc(N)c(C(=N)C2=CC=NC(N3CC(OC)C3)=CC2)c1. The summed E-state index contributed by atoms with van der Waals surface area (Å²) in [5.74, 6) is 1.66. The van der Waals surface area contributed by atoms with Crippen molar-refractivity contribution in [2.75, 3.05) is 32.5 Å². The number of aliphatic imine (C=N–C) groups is 1. The van der Waals surface area contributed by atoms with Crippen molar-refractivity contribution in [1.29, 1.82) is 5.41 Å². The molecule has 0 spiro atoms. The van der Waals surface area contributed by atoms with Gasteiger partial charge in [-0.15, -0.1) is 0 Å². The second-order valence-corrected chi connectivity index (χ2v) is 6.06. The fourth-order valence-electron chi connectivity index (χ4n) is 2.88. The minimum Gasteiger partial charge on any atom is -0.494 e. The third kappa shape index (κ3) is 3.74. The van der Waals surface area contributed by atoms with Crippen molar-refractivity contribution < 1.29 is 9.47 Å². The highest BCUT2D eigenvalue weighted by Crippen LogP contribution is 2.26. The molecule has 6 heteroatoms. The van der Waals surface area contributed by atoms with Crippen molar-refractivity contribution in [2.45, 2.75) is 19.4 Å². The number of ether oxygens (including phenoxy) is 2. The van der Waals surface area contributed by atoms with Gasteiger partial charge < -0.3 is 20.1 Å². The van der Waals surface area contributed by atoms with E-state index < -0.39 is 0 Å². The summed E-state index contributed by atoms with van der Waals surface area (Å²) >= 11 is 0. The molecule has 0 unspecified atom stereocenters. The van der Waals surface area contributed by atoms with Crippen LogP contribution in [0, 0.1) is 5.41 Å². The highest BCUT2D eigenvalue weighted by Gasteiger charge is 2.28. The van der Waals surface area contributed by atoms with E-state index in [0.717, 1.165) is 30.2 Å². The van der Waals surface area contributed by atoms with E-state index in [-0.39, 0.29) is 6.10 Å². The van der Waals surface area contributed by atoms with Crippen molar-refractivity contribution in [3.8, 4) is 5.75 Å². The molecule has 3 rings (SSSR count). The molecule has 2 aliphatic rings. The summed E-state index contributed by atoms with van der Waals surface area (Å²) in [7, 11) is 1.73. The van der Waals surface area contributed by atoms with E-state index in [4.69, 9.17) is 20.6 Å². The molecule has 6 nitrogen and oxygen atoms in total. The second-order valence-electron chi connectivity index (χ2n) is 6.06. The molecule has 2 heterocycles. The van der Waals surface area contributed by atoms with E-state index in [1.807, 2.05) is 25.1 Å². The number of nitrogen functional groups attached to an aromatic ring is 1. The molecule has 0 bridgehead atoms. The van der Waals surface area contributed by atoms with Gasteiger partial charge in [0.1, 0.15) is 11.6 Å². The second kappa shape index (κ2) is 7.53. The Morgan fingerprint density at radius 3 is 2.92 bits per heavy atom. The fourth-order valence-corrected chi connectivity index (χ4v) is 2.88. The van der Waals surface area contributed by atoms with Crippen LogP contribution < -0.4 is 10.5 Å². The standard InChI is InChI=1S/C19H24N4O2/c1-3-25-14-5-6-17(20)16(10-14)19(21)13-4-7-18(22-9-8-13)23-11-15(12-23)24-2/h5-10,15,21H,3-4,11-12,20H2,1-2H3. The van der Waals surface area contributed by atoms with Gasteiger partial charge in [-0.1, -0.05) is 0 Å². The molecule has 0 saturated carbocycles. The lowest BCUT2D eigenvalue weighted by Crippen LogP contribution is -2.50. The highest BCUT2D eigenvalue weighted by atomic mass is 16.5. The van der Waals surface area contributed by atoms with Crippen LogP contribution in [-0.2, 0) is 4.74 Å². The van der Waals surface area contributed by atoms with Crippen molar-refractivity contribution in [2.24, 2.45) is 4.99 Å². The molecule has 1 saturated heterocycles. The summed E-state index contributed by atoms with van der Waals surface area (Å²) in [5.41, 5.74) is 8.62. The predicted octanol–water partition coefficient (Wildman–Crippen LogP) is 2.61. The van der Waals surface area contributed by atoms with Gasteiger partial charge >= 0.3 is 0 Å². The molecule has 1 fully saturated rings. The van der Waals surface area contributed by atoms with Crippen LogP contribution in [0.5, 0.6) is 5.75 Å². The van der Waals surface area contributed by atoms with Gasteiger partial charge in [0.05, 0.1) is 18.4 Å². The molecule has 0 radical (unpaired) electrons. The minimum absolute atomic E-state index is 0.284. The highest BCUT2D eigenvalue weighted by molar-refractivity contribution is 6.15. The van der Waals surface area contributed by atoms with E-state index in [1.165, 1.54) is 0 Å². The van der Waals surface area contributed by atoms with Crippen molar-refractivity contribution >= 4 is 17.6 Å². The summed E-state index contributed by atoms with van der Waals surface area (Å²) in [5, 5.41) is 8.56. The largest absolute Gasteiger partial charge is 0.494 e. The van der Waals surface area contributed by atoms with Crippen molar-refractivity contribution in [1.82, 2.24) is 4.90 Å². The van der Waals surface area contributed by atoms with Gasteiger partial charge in [-0.2, -0.15) is 0 Å². The summed E-state index contributed by atoms with van der Waals surface area (Å²) in [4.78, 5) is 6.66. The first kappa shape index (κ1) is 17.2. The Kier molecular flexibility index (Phi) is 5.19. The molecular weight excluding hydrogens is 316 g/mol. The zero-order valence-electron chi connectivity index (χ0n) is 14.7. The number of nitrogens with two attached hydrogens (primary N) is 1. The number of benzene rings is 1. The van der Waals surface area contributed by atoms with Gasteiger partial charge in [-0.25, -0.2) is 4.99 Å². The van der Waals surface area contributed by atoms with Gasteiger partial charge in [0, 0.05) is 37.7 Å². The van der Waals surface area contributed by atoms with Gasteiger partial charge in [-0.3, -0.25) is 5.41 Å². The number of allylic oxidation sites excluding steroid dienone is 3. The van der Waals surface area contributed by atoms with E-state index in [0.29, 0.717) is 30.0 Å². The molecular formula is C19H24N4O2. The number of anilines is 1. The Morgan fingerprint density at radius 2 is 2.20 bits per heavy atom. The molecule has 132 valence electrons. The average Bonchev–Trinajstić information content (AvgIpc) is 2.81. The van der Waals surface area contributed by atoms with Crippen LogP contribution in [0.4, 0.5) is 5.69 Å². The van der Waals surface area contributed by atoms with E-state index in [2.05, 4.69) is 16.0 Å². The molecule has 1 aromatic carbocycles. The fraction of sp³-hybridized carbons (Fsp3) is 0.368. The van der Waals surface area contributed by atoms with Crippen LogP contribution >= 0.6 is 0 Å². The normalized spacial score (nSPS) is 17.4. The third-order valence-electron chi connectivity index (χ3n) is 4.42. The van der Waals surface area contributed by atoms with E-state index >= 15 is 0 Å². The monoisotopic (exact) mass is 340 g/mol. The summed E-state index contributed by atoms with van der Waals surface area (Å²) in [6, 6.07) is 5.44. The van der Waals surface area contributed by atoms with E-state index in [9.17, 15) is 0 Å².